The van der Waals surface area contributed by atoms with Crippen LogP contribution in [0.2, 0.25) is 0 Å². The molecule has 0 aliphatic rings. The lowest BCUT2D eigenvalue weighted by Crippen LogP contribution is -2.37. The van der Waals surface area contributed by atoms with Crippen molar-refractivity contribution in [2.45, 2.75) is 85.2 Å². The number of para-hydroxylation sites is 1. The molecule has 1 atom stereocenters. The molecular weight excluding hydrogens is 328 g/mol. The Morgan fingerprint density at radius 3 is 2.08 bits per heavy atom. The number of urea groups is 1. The number of ether oxygens (including phenoxy) is 1. The van der Waals surface area contributed by atoms with Crippen molar-refractivity contribution in [2.75, 3.05) is 5.32 Å². The molecule has 2 N–H and O–H groups in total. The van der Waals surface area contributed by atoms with Crippen LogP contribution in [-0.2, 0) is 4.74 Å². The zero-order chi connectivity index (χ0) is 19.7. The minimum absolute atomic E-state index is 0.205. The maximum absolute atomic E-state index is 12.3. The lowest BCUT2D eigenvalue weighted by molar-refractivity contribution is 0.103. The molecule has 0 aromatic heterocycles. The summed E-state index contributed by atoms with van der Waals surface area (Å²) in [7, 11) is 0. The van der Waals surface area contributed by atoms with E-state index >= 15 is 0 Å². The number of benzene rings is 1. The molecule has 0 saturated heterocycles. The van der Waals surface area contributed by atoms with Crippen molar-refractivity contribution >= 4 is 17.8 Å². The molecule has 0 aliphatic carbocycles. The van der Waals surface area contributed by atoms with Gasteiger partial charge in [-0.15, -0.1) is 0 Å². The van der Waals surface area contributed by atoms with E-state index in [4.69, 9.17) is 4.74 Å². The molecule has 0 radical (unpaired) electrons. The Labute approximate surface area is 157 Å². The Kier molecular flexibility index (Phi) is 9.17. The molecule has 5 heteroatoms. The van der Waals surface area contributed by atoms with E-state index in [9.17, 15) is 9.59 Å². The maximum atomic E-state index is 12.3. The molecule has 26 heavy (non-hydrogen) atoms. The van der Waals surface area contributed by atoms with Crippen LogP contribution >= 0.6 is 0 Å². The standard InChI is InChI=1S/C21H34N2O3/c1-7-8-9-11-16(6)26-21(25)23-20(24)22-19-17(14(2)3)12-10-13-18(19)15(4)5/h10,12-16H,7-9,11H2,1-6H3,(H2,22,23,24,25). The van der Waals surface area contributed by atoms with Crippen LogP contribution in [0.15, 0.2) is 18.2 Å². The van der Waals surface area contributed by atoms with Crippen LogP contribution in [0.1, 0.15) is 90.2 Å². The first-order valence-electron chi connectivity index (χ1n) is 9.67. The highest BCUT2D eigenvalue weighted by molar-refractivity contribution is 6.00. The van der Waals surface area contributed by atoms with Crippen LogP contribution < -0.4 is 10.6 Å². The first kappa shape index (κ1) is 22.0. The first-order chi connectivity index (χ1) is 12.3. The highest BCUT2D eigenvalue weighted by atomic mass is 16.6. The van der Waals surface area contributed by atoms with Gasteiger partial charge in [0.15, 0.2) is 0 Å². The van der Waals surface area contributed by atoms with Crippen molar-refractivity contribution in [1.29, 1.82) is 0 Å². The Balaban J connectivity index is 2.71. The number of imide groups is 1. The fraction of sp³-hybridized carbons (Fsp3) is 0.619. The van der Waals surface area contributed by atoms with Gasteiger partial charge in [-0.3, -0.25) is 0 Å². The van der Waals surface area contributed by atoms with Gasteiger partial charge in [-0.05, 0) is 42.7 Å². The van der Waals surface area contributed by atoms with Crippen LogP contribution in [0.5, 0.6) is 0 Å². The molecule has 1 aromatic rings. The summed E-state index contributed by atoms with van der Waals surface area (Å²) in [6, 6.07) is 5.44. The zero-order valence-corrected chi connectivity index (χ0v) is 17.0. The maximum Gasteiger partial charge on any atom is 0.415 e. The smallest absolute Gasteiger partial charge is 0.415 e. The summed E-state index contributed by atoms with van der Waals surface area (Å²) in [5.41, 5.74) is 2.87. The van der Waals surface area contributed by atoms with Gasteiger partial charge >= 0.3 is 12.1 Å². The molecule has 0 fully saturated rings. The van der Waals surface area contributed by atoms with Gasteiger partial charge in [0.05, 0.1) is 0 Å². The van der Waals surface area contributed by atoms with Gasteiger partial charge in [0.1, 0.15) is 6.10 Å². The van der Waals surface area contributed by atoms with Gasteiger partial charge in [-0.2, -0.15) is 0 Å². The molecule has 0 heterocycles. The van der Waals surface area contributed by atoms with Crippen LogP contribution in [-0.4, -0.2) is 18.2 Å². The number of carbonyl (C=O) groups is 2. The number of nitrogens with one attached hydrogen (secondary N) is 2. The highest BCUT2D eigenvalue weighted by Gasteiger charge is 2.18. The molecule has 146 valence electrons. The normalized spacial score (nSPS) is 12.2. The molecule has 3 amide bonds. The van der Waals surface area contributed by atoms with Crippen LogP contribution in [0.25, 0.3) is 0 Å². The highest BCUT2D eigenvalue weighted by Crippen LogP contribution is 2.32. The largest absolute Gasteiger partial charge is 0.446 e. The number of amides is 3. The second-order valence-corrected chi connectivity index (χ2v) is 7.41. The topological polar surface area (TPSA) is 67.4 Å². The summed E-state index contributed by atoms with van der Waals surface area (Å²) >= 11 is 0. The monoisotopic (exact) mass is 362 g/mol. The van der Waals surface area contributed by atoms with Gasteiger partial charge in [-0.1, -0.05) is 65.7 Å². The second kappa shape index (κ2) is 10.8. The van der Waals surface area contributed by atoms with E-state index in [-0.39, 0.29) is 17.9 Å². The number of alkyl carbamates (subject to hydrolysis) is 1. The molecule has 5 nitrogen and oxygen atoms in total. The first-order valence-corrected chi connectivity index (χ1v) is 9.67. The van der Waals surface area contributed by atoms with Crippen molar-refractivity contribution in [3.05, 3.63) is 29.3 Å². The van der Waals surface area contributed by atoms with E-state index in [1.807, 2.05) is 25.1 Å². The number of hydrogen-bond acceptors (Lipinski definition) is 3. The van der Waals surface area contributed by atoms with Gasteiger partial charge < -0.3 is 10.1 Å². The Bertz CT molecular complexity index is 571. The number of hydrogen-bond donors (Lipinski definition) is 2. The molecule has 1 aromatic carbocycles. The van der Waals surface area contributed by atoms with Crippen LogP contribution in [0.4, 0.5) is 15.3 Å². The van der Waals surface area contributed by atoms with Crippen LogP contribution in [0, 0.1) is 0 Å². The van der Waals surface area contributed by atoms with Crippen molar-refractivity contribution < 1.29 is 14.3 Å². The molecule has 1 unspecified atom stereocenters. The number of carbonyl (C=O) groups excluding carboxylic acids is 2. The van der Waals surface area contributed by atoms with E-state index in [1.54, 1.807) is 0 Å². The molecule has 0 bridgehead atoms. The lowest BCUT2D eigenvalue weighted by Gasteiger charge is -2.20. The summed E-state index contributed by atoms with van der Waals surface area (Å²) in [5.74, 6) is 0.518. The van der Waals surface area contributed by atoms with E-state index in [2.05, 4.69) is 45.3 Å². The Morgan fingerprint density at radius 2 is 1.58 bits per heavy atom. The van der Waals surface area contributed by atoms with Crippen molar-refractivity contribution in [3.8, 4) is 0 Å². The summed E-state index contributed by atoms with van der Waals surface area (Å²) in [6.45, 7) is 12.3. The summed E-state index contributed by atoms with van der Waals surface area (Å²) in [5, 5.41) is 5.12. The van der Waals surface area contributed by atoms with Crippen molar-refractivity contribution in [2.24, 2.45) is 0 Å². The second-order valence-electron chi connectivity index (χ2n) is 7.41. The SMILES string of the molecule is CCCCCC(C)OC(=O)NC(=O)Nc1c(C(C)C)cccc1C(C)C. The Hall–Kier alpha value is -2.04. The lowest BCUT2D eigenvalue weighted by atomic mass is 9.93. The third kappa shape index (κ3) is 7.06. The summed E-state index contributed by atoms with van der Waals surface area (Å²) in [4.78, 5) is 24.2. The molecular formula is C21H34N2O3. The van der Waals surface area contributed by atoms with E-state index in [0.29, 0.717) is 0 Å². The van der Waals surface area contributed by atoms with Gasteiger partial charge in [0.2, 0.25) is 0 Å². The average Bonchev–Trinajstić information content (AvgIpc) is 2.54. The minimum atomic E-state index is -0.709. The van der Waals surface area contributed by atoms with Gasteiger partial charge in [0.25, 0.3) is 0 Å². The fourth-order valence-corrected chi connectivity index (χ4v) is 2.89. The summed E-state index contributed by atoms with van der Waals surface area (Å²) in [6.07, 6.45) is 3.13. The van der Waals surface area contributed by atoms with Gasteiger partial charge in [-0.25, -0.2) is 14.9 Å². The number of rotatable bonds is 8. The quantitative estimate of drug-likeness (QED) is 0.544. The molecule has 0 saturated carbocycles. The van der Waals surface area contributed by atoms with Crippen molar-refractivity contribution in [1.82, 2.24) is 5.32 Å². The van der Waals surface area contributed by atoms with E-state index in [0.717, 1.165) is 42.5 Å². The molecule has 0 aliphatic heterocycles. The van der Waals surface area contributed by atoms with E-state index < -0.39 is 12.1 Å². The predicted octanol–water partition coefficient (Wildman–Crippen LogP) is 6.16. The third-order valence-electron chi connectivity index (χ3n) is 4.35. The Morgan fingerprint density at radius 1 is 1.00 bits per heavy atom. The predicted molar refractivity (Wildman–Crippen MR) is 107 cm³/mol. The number of unbranched alkanes of at least 4 members (excludes halogenated alkanes) is 2. The minimum Gasteiger partial charge on any atom is -0.446 e. The molecule has 0 spiro atoms. The third-order valence-corrected chi connectivity index (χ3v) is 4.35. The van der Waals surface area contributed by atoms with Crippen LogP contribution in [0.3, 0.4) is 0 Å². The average molecular weight is 363 g/mol. The molecule has 1 rings (SSSR count). The van der Waals surface area contributed by atoms with Gasteiger partial charge in [0, 0.05) is 5.69 Å². The van der Waals surface area contributed by atoms with E-state index in [1.165, 1.54) is 0 Å². The number of anilines is 1. The summed E-state index contributed by atoms with van der Waals surface area (Å²) < 4.78 is 5.25. The zero-order valence-electron chi connectivity index (χ0n) is 17.0. The fourth-order valence-electron chi connectivity index (χ4n) is 2.89. The van der Waals surface area contributed by atoms with Crippen molar-refractivity contribution in [3.63, 3.8) is 0 Å².